The number of nitrogens with one attached hydrogen (secondary N) is 3. The van der Waals surface area contributed by atoms with Gasteiger partial charge in [-0.1, -0.05) is 6.07 Å². The van der Waals surface area contributed by atoms with Gasteiger partial charge in [-0.2, -0.15) is 13.2 Å². The van der Waals surface area contributed by atoms with E-state index in [1.165, 1.54) is 42.2 Å². The van der Waals surface area contributed by atoms with Crippen LogP contribution in [0.2, 0.25) is 0 Å². The summed E-state index contributed by atoms with van der Waals surface area (Å²) in [5.41, 5.74) is -0.0339. The summed E-state index contributed by atoms with van der Waals surface area (Å²) in [6, 6.07) is 11.4. The molecule has 2 aromatic heterocycles. The first-order chi connectivity index (χ1) is 19.2. The summed E-state index contributed by atoms with van der Waals surface area (Å²) in [5, 5.41) is 8.96. The predicted octanol–water partition coefficient (Wildman–Crippen LogP) is 4.69. The molecule has 2 amide bonds. The molecule has 0 saturated carbocycles. The van der Waals surface area contributed by atoms with Gasteiger partial charge in [0, 0.05) is 63.0 Å². The van der Waals surface area contributed by atoms with Gasteiger partial charge in [0.2, 0.25) is 11.8 Å². The Morgan fingerprint density at radius 1 is 1.02 bits per heavy atom. The monoisotopic (exact) mass is 553 g/mol. The molecular formula is C27H26F3N7O3. The van der Waals surface area contributed by atoms with Crippen molar-refractivity contribution in [3.63, 3.8) is 0 Å². The number of benzene rings is 2. The summed E-state index contributed by atoms with van der Waals surface area (Å²) in [6.07, 6.45) is -1.79. The van der Waals surface area contributed by atoms with Crippen molar-refractivity contribution in [3.8, 4) is 11.6 Å². The molecule has 3 N–H and O–H groups in total. The Labute approximate surface area is 227 Å². The number of anilines is 2. The van der Waals surface area contributed by atoms with Gasteiger partial charge >= 0.3 is 12.2 Å². The molecule has 40 heavy (non-hydrogen) atoms. The molecule has 1 aliphatic rings. The Morgan fingerprint density at radius 3 is 2.58 bits per heavy atom. The van der Waals surface area contributed by atoms with E-state index in [0.717, 1.165) is 19.2 Å². The third-order valence-electron chi connectivity index (χ3n) is 6.32. The summed E-state index contributed by atoms with van der Waals surface area (Å²) < 4.78 is 48.7. The number of amides is 2. The molecule has 5 rings (SSSR count). The van der Waals surface area contributed by atoms with E-state index in [9.17, 15) is 22.8 Å². The highest BCUT2D eigenvalue weighted by Crippen LogP contribution is 2.35. The van der Waals surface area contributed by atoms with Crippen molar-refractivity contribution >= 4 is 34.3 Å². The first-order valence-electron chi connectivity index (χ1n) is 12.5. The van der Waals surface area contributed by atoms with Crippen molar-refractivity contribution in [2.75, 3.05) is 36.8 Å². The van der Waals surface area contributed by atoms with Gasteiger partial charge in [-0.05, 0) is 42.0 Å². The normalized spacial score (nSPS) is 14.2. The van der Waals surface area contributed by atoms with Crippen LogP contribution in [0, 0.1) is 0 Å². The maximum absolute atomic E-state index is 13.9. The molecule has 13 heteroatoms. The van der Waals surface area contributed by atoms with Gasteiger partial charge in [0.05, 0.1) is 11.1 Å². The van der Waals surface area contributed by atoms with Crippen LogP contribution in [0.3, 0.4) is 0 Å². The molecule has 0 radical (unpaired) electrons. The summed E-state index contributed by atoms with van der Waals surface area (Å²) >= 11 is 0. The van der Waals surface area contributed by atoms with E-state index in [4.69, 9.17) is 4.74 Å². The number of piperazine rings is 1. The Kier molecular flexibility index (Phi) is 7.67. The van der Waals surface area contributed by atoms with Crippen LogP contribution in [0.15, 0.2) is 61.1 Å². The SMILES string of the molecule is CC(=O)Nc1cc(Oc2ccc3c(ccn3C(=O)Nc3ccc(CN4CCNCC4)c(C(F)(F)F)c3)c2)ncn1. The molecule has 0 aliphatic carbocycles. The number of fused-ring (bicyclic) bond motifs is 1. The van der Waals surface area contributed by atoms with E-state index in [1.54, 1.807) is 24.3 Å². The lowest BCUT2D eigenvalue weighted by Gasteiger charge is -2.28. The molecule has 4 aromatic rings. The van der Waals surface area contributed by atoms with E-state index in [0.29, 0.717) is 29.7 Å². The highest BCUT2D eigenvalue weighted by atomic mass is 19.4. The lowest BCUT2D eigenvalue weighted by atomic mass is 10.0. The summed E-state index contributed by atoms with van der Waals surface area (Å²) in [7, 11) is 0. The largest absolute Gasteiger partial charge is 0.439 e. The molecule has 3 heterocycles. The van der Waals surface area contributed by atoms with E-state index < -0.39 is 17.8 Å². The summed E-state index contributed by atoms with van der Waals surface area (Å²) in [6.45, 7) is 4.33. The molecule has 2 aromatic carbocycles. The minimum absolute atomic E-state index is 0.0434. The van der Waals surface area contributed by atoms with Crippen LogP contribution in [0.4, 0.5) is 29.5 Å². The fraction of sp³-hybridized carbons (Fsp3) is 0.259. The molecule has 0 bridgehead atoms. The van der Waals surface area contributed by atoms with Gasteiger partial charge < -0.3 is 20.7 Å². The average Bonchev–Trinajstić information content (AvgIpc) is 3.33. The van der Waals surface area contributed by atoms with Gasteiger partial charge in [0.1, 0.15) is 17.9 Å². The van der Waals surface area contributed by atoms with E-state index in [2.05, 4.69) is 25.9 Å². The van der Waals surface area contributed by atoms with Crippen molar-refractivity contribution in [2.24, 2.45) is 0 Å². The number of rotatable bonds is 6. The second-order valence-electron chi connectivity index (χ2n) is 9.26. The Morgan fingerprint density at radius 2 is 1.82 bits per heavy atom. The maximum atomic E-state index is 13.9. The quantitative estimate of drug-likeness (QED) is 0.318. The number of halogens is 3. The highest BCUT2D eigenvalue weighted by Gasteiger charge is 2.34. The zero-order valence-corrected chi connectivity index (χ0v) is 21.5. The minimum atomic E-state index is -4.56. The lowest BCUT2D eigenvalue weighted by Crippen LogP contribution is -2.43. The van der Waals surface area contributed by atoms with Crippen molar-refractivity contribution < 1.29 is 27.5 Å². The van der Waals surface area contributed by atoms with Crippen LogP contribution in [-0.2, 0) is 17.5 Å². The van der Waals surface area contributed by atoms with E-state index >= 15 is 0 Å². The van der Waals surface area contributed by atoms with Crippen molar-refractivity contribution in [1.82, 2.24) is 24.8 Å². The number of aromatic nitrogens is 3. The molecule has 208 valence electrons. The smallest absolute Gasteiger partial charge is 0.416 e. The van der Waals surface area contributed by atoms with Gasteiger partial charge in [-0.15, -0.1) is 0 Å². The van der Waals surface area contributed by atoms with Crippen LogP contribution in [0.25, 0.3) is 10.9 Å². The highest BCUT2D eigenvalue weighted by molar-refractivity contribution is 5.98. The molecular weight excluding hydrogens is 527 g/mol. The number of alkyl halides is 3. The molecule has 10 nitrogen and oxygen atoms in total. The maximum Gasteiger partial charge on any atom is 0.416 e. The number of carbonyl (C=O) groups is 2. The second kappa shape index (κ2) is 11.3. The lowest BCUT2D eigenvalue weighted by molar-refractivity contribution is -0.138. The van der Waals surface area contributed by atoms with Gasteiger partial charge in [0.15, 0.2) is 0 Å². The van der Waals surface area contributed by atoms with Crippen LogP contribution < -0.4 is 20.7 Å². The number of ether oxygens (including phenoxy) is 1. The topological polar surface area (TPSA) is 113 Å². The van der Waals surface area contributed by atoms with Crippen LogP contribution in [0.1, 0.15) is 18.1 Å². The van der Waals surface area contributed by atoms with Crippen LogP contribution >= 0.6 is 0 Å². The fourth-order valence-corrected chi connectivity index (χ4v) is 4.48. The Bertz CT molecular complexity index is 1550. The molecule has 0 spiro atoms. The minimum Gasteiger partial charge on any atom is -0.439 e. The van der Waals surface area contributed by atoms with Crippen molar-refractivity contribution in [2.45, 2.75) is 19.6 Å². The van der Waals surface area contributed by atoms with Gasteiger partial charge in [-0.3, -0.25) is 14.3 Å². The van der Waals surface area contributed by atoms with Crippen LogP contribution in [-0.4, -0.2) is 57.6 Å². The zero-order chi connectivity index (χ0) is 28.3. The first kappa shape index (κ1) is 27.1. The Balaban J connectivity index is 1.32. The molecule has 1 saturated heterocycles. The van der Waals surface area contributed by atoms with Crippen LogP contribution in [0.5, 0.6) is 11.6 Å². The Hall–Kier alpha value is -4.49. The number of hydrogen-bond acceptors (Lipinski definition) is 7. The van der Waals surface area contributed by atoms with Crippen molar-refractivity contribution in [3.05, 3.63) is 72.2 Å². The summed E-state index contributed by atoms with van der Waals surface area (Å²) in [4.78, 5) is 34.2. The predicted molar refractivity (Wildman–Crippen MR) is 142 cm³/mol. The van der Waals surface area contributed by atoms with E-state index in [1.807, 2.05) is 4.90 Å². The number of hydrogen-bond donors (Lipinski definition) is 3. The molecule has 1 aliphatic heterocycles. The molecule has 0 unspecified atom stereocenters. The standard InChI is InChI=1S/C27H26F3N7O3/c1-17(38)34-24-14-25(33-16-32-24)40-21-4-5-23-18(12-21)6-9-37(23)26(39)35-20-3-2-19(22(13-20)27(28,29)30)15-36-10-7-31-8-11-36/h2-6,9,12-14,16,31H,7-8,10-11,15H2,1H3,(H,35,39)(H,32,33,34,38). The average molecular weight is 554 g/mol. The molecule has 0 atom stereocenters. The van der Waals surface area contributed by atoms with Gasteiger partial charge in [-0.25, -0.2) is 14.8 Å². The summed E-state index contributed by atoms with van der Waals surface area (Å²) in [5.74, 6) is 0.627. The molecule has 1 fully saturated rings. The first-order valence-corrected chi connectivity index (χ1v) is 12.5. The number of carbonyl (C=O) groups excluding carboxylic acids is 2. The third kappa shape index (κ3) is 6.38. The fourth-order valence-electron chi connectivity index (χ4n) is 4.48. The van der Waals surface area contributed by atoms with Crippen molar-refractivity contribution in [1.29, 1.82) is 0 Å². The zero-order valence-electron chi connectivity index (χ0n) is 21.5. The second-order valence-corrected chi connectivity index (χ2v) is 9.26. The van der Waals surface area contributed by atoms with E-state index in [-0.39, 0.29) is 35.4 Å². The number of nitrogens with zero attached hydrogens (tertiary/aromatic N) is 4. The van der Waals surface area contributed by atoms with Gasteiger partial charge in [0.25, 0.3) is 0 Å². The third-order valence-corrected chi connectivity index (χ3v) is 6.32.